The maximum Gasteiger partial charge on any atom is 0.329 e. The number of amides is 1. The Kier molecular flexibility index (Phi) is 22.6. The second kappa shape index (κ2) is 27.1. The Balaban J connectivity index is 1.70. The molecule has 0 aromatic rings. The van der Waals surface area contributed by atoms with Gasteiger partial charge >= 0.3 is 5.97 Å². The molecule has 4 aliphatic rings. The van der Waals surface area contributed by atoms with Crippen LogP contribution in [0.2, 0.25) is 0 Å². The summed E-state index contributed by atoms with van der Waals surface area (Å²) in [5.41, 5.74) is 1.11. The van der Waals surface area contributed by atoms with Gasteiger partial charge in [-0.2, -0.15) is 0 Å². The van der Waals surface area contributed by atoms with E-state index >= 15 is 0 Å². The van der Waals surface area contributed by atoms with Crippen LogP contribution in [-0.2, 0) is 52.5 Å². The number of carbonyl (C=O) groups is 6. The maximum absolute atomic E-state index is 14.4. The zero-order valence-corrected chi connectivity index (χ0v) is 42.0. The number of carbonyl (C=O) groups excluding carboxylic acids is 6. The molecule has 0 radical (unpaired) electrons. The topological polar surface area (TPSA) is 212 Å². The van der Waals surface area contributed by atoms with Gasteiger partial charge in [-0.1, -0.05) is 76.6 Å². The minimum Gasteiger partial charge on any atom is -0.460 e. The molecule has 1 saturated carbocycles. The standard InChI is InChI=1S/C53H81NO14/c1-32-15-11-10-12-16-33(2)40(31-56)29-41-20-18-38(7)53(63,68-41)50(60)51(61)54-22-14-13-17-42(54)52(62)67-45(35(4)27-39-19-21-44(66-24-23-55)46(28-39)64-8)30-43(57)34(3)26-37(6)48(59)49(65-9)47(58)36(5)25-32/h10-12,15-16,26,31-32,34-36,38-42,44-46,48-49,55,59,63H,13-14,17-25,27-30H2,1-9H3/b12-10+,15-11+,33-16+,37-26+/t32-,34-,35-,36?,38-,39+,40-,41+,42+,44-,45+,46-,48-,49?,53-/m1/s1. The fourth-order valence-electron chi connectivity index (χ4n) is 10.4. The lowest BCUT2D eigenvalue weighted by atomic mass is 9.78. The molecule has 3 fully saturated rings. The lowest BCUT2D eigenvalue weighted by molar-refractivity contribution is -0.264. The van der Waals surface area contributed by atoms with Crippen LogP contribution in [0.15, 0.2) is 47.6 Å². The summed E-state index contributed by atoms with van der Waals surface area (Å²) in [6.45, 7) is 12.6. The number of rotatable bonds is 9. The van der Waals surface area contributed by atoms with E-state index in [-0.39, 0.29) is 80.5 Å². The number of aliphatic hydroxyl groups excluding tert-OH is 2. The van der Waals surface area contributed by atoms with Crippen molar-refractivity contribution in [1.29, 1.82) is 0 Å². The molecule has 15 nitrogen and oxygen atoms in total. The summed E-state index contributed by atoms with van der Waals surface area (Å²) < 4.78 is 29.6. The fourth-order valence-corrected chi connectivity index (χ4v) is 10.4. The fraction of sp³-hybridized carbons (Fsp3) is 0.736. The van der Waals surface area contributed by atoms with E-state index in [0.717, 1.165) is 23.2 Å². The van der Waals surface area contributed by atoms with Crippen molar-refractivity contribution in [1.82, 2.24) is 4.90 Å². The van der Waals surface area contributed by atoms with E-state index in [1.807, 2.05) is 39.0 Å². The van der Waals surface area contributed by atoms with Gasteiger partial charge in [-0.05, 0) is 108 Å². The first-order valence-electron chi connectivity index (χ1n) is 24.9. The molecule has 3 heterocycles. The third-order valence-corrected chi connectivity index (χ3v) is 14.9. The Bertz CT molecular complexity index is 1840. The zero-order chi connectivity index (χ0) is 50.3. The average molecular weight is 956 g/mol. The van der Waals surface area contributed by atoms with Crippen molar-refractivity contribution < 1.29 is 67.8 Å². The van der Waals surface area contributed by atoms with Crippen LogP contribution in [0.25, 0.3) is 0 Å². The van der Waals surface area contributed by atoms with Gasteiger partial charge in [0.05, 0.1) is 31.5 Å². The highest BCUT2D eigenvalue weighted by Gasteiger charge is 2.53. The van der Waals surface area contributed by atoms with Crippen molar-refractivity contribution in [3.05, 3.63) is 47.6 Å². The van der Waals surface area contributed by atoms with E-state index in [9.17, 15) is 44.1 Å². The Morgan fingerprint density at radius 3 is 2.31 bits per heavy atom. The van der Waals surface area contributed by atoms with Crippen molar-refractivity contribution in [3.8, 4) is 0 Å². The van der Waals surface area contributed by atoms with E-state index in [2.05, 4.69) is 0 Å². The van der Waals surface area contributed by atoms with E-state index < -0.39 is 77.6 Å². The predicted molar refractivity (Wildman–Crippen MR) is 255 cm³/mol. The zero-order valence-electron chi connectivity index (χ0n) is 42.0. The van der Waals surface area contributed by atoms with Gasteiger partial charge in [0.1, 0.15) is 36.4 Å². The number of aliphatic hydroxyl groups is 3. The molecule has 15 heteroatoms. The van der Waals surface area contributed by atoms with Gasteiger partial charge in [-0.25, -0.2) is 4.79 Å². The van der Waals surface area contributed by atoms with Crippen LogP contribution in [0.3, 0.4) is 0 Å². The molecule has 3 N–H and O–H groups in total. The smallest absolute Gasteiger partial charge is 0.329 e. The van der Waals surface area contributed by atoms with Gasteiger partial charge in [-0.15, -0.1) is 0 Å². The van der Waals surface area contributed by atoms with Crippen molar-refractivity contribution in [2.24, 2.45) is 41.4 Å². The lowest BCUT2D eigenvalue weighted by Gasteiger charge is -2.42. The summed E-state index contributed by atoms with van der Waals surface area (Å²) in [4.78, 5) is 84.4. The summed E-state index contributed by atoms with van der Waals surface area (Å²) in [5, 5.41) is 32.7. The first-order valence-corrected chi connectivity index (χ1v) is 24.9. The number of esters is 1. The summed E-state index contributed by atoms with van der Waals surface area (Å²) >= 11 is 0. The summed E-state index contributed by atoms with van der Waals surface area (Å²) in [7, 11) is 2.99. The van der Waals surface area contributed by atoms with Gasteiger partial charge in [0, 0.05) is 50.9 Å². The highest BCUT2D eigenvalue weighted by molar-refractivity contribution is 6.39. The number of aldehydes is 1. The van der Waals surface area contributed by atoms with Gasteiger partial charge in [0.2, 0.25) is 5.79 Å². The molecule has 0 spiro atoms. The van der Waals surface area contributed by atoms with Gasteiger partial charge in [-0.3, -0.25) is 19.2 Å². The Morgan fingerprint density at radius 2 is 1.63 bits per heavy atom. The first-order chi connectivity index (χ1) is 32.3. The molecular weight excluding hydrogens is 875 g/mol. The summed E-state index contributed by atoms with van der Waals surface area (Å²) in [6, 6.07) is -1.17. The van der Waals surface area contributed by atoms with Crippen LogP contribution in [0.1, 0.15) is 126 Å². The third kappa shape index (κ3) is 15.2. The third-order valence-electron chi connectivity index (χ3n) is 14.9. The molecule has 3 aliphatic heterocycles. The average Bonchev–Trinajstić information content (AvgIpc) is 3.32. The molecule has 4 rings (SSSR count). The summed E-state index contributed by atoms with van der Waals surface area (Å²) in [5.74, 6) is -8.90. The number of methoxy groups -OCH3 is 2. The number of ketones is 3. The van der Waals surface area contributed by atoms with E-state index in [4.69, 9.17) is 23.7 Å². The van der Waals surface area contributed by atoms with Crippen LogP contribution in [-0.4, -0.2) is 138 Å². The number of nitrogens with zero attached hydrogens (tertiary/aromatic N) is 1. The van der Waals surface area contributed by atoms with Crippen molar-refractivity contribution in [2.75, 3.05) is 34.0 Å². The normalized spacial score (nSPS) is 39.1. The monoisotopic (exact) mass is 956 g/mol. The molecule has 2 saturated heterocycles. The van der Waals surface area contributed by atoms with Gasteiger partial charge in [0.15, 0.2) is 5.78 Å². The number of hydrogen-bond donors (Lipinski definition) is 3. The number of allylic oxidation sites excluding steroid dienone is 7. The Morgan fingerprint density at radius 1 is 0.897 bits per heavy atom. The molecule has 2 bridgehead atoms. The molecule has 0 aromatic carbocycles. The number of piperidine rings is 1. The quantitative estimate of drug-likeness (QED) is 0.105. The minimum atomic E-state index is -2.49. The number of fused-ring (bicyclic) bond motifs is 3. The Hall–Kier alpha value is -3.70. The van der Waals surface area contributed by atoms with Crippen LogP contribution >= 0.6 is 0 Å². The Labute approximate surface area is 404 Å². The van der Waals surface area contributed by atoms with Crippen LogP contribution in [0.4, 0.5) is 0 Å². The molecule has 68 heavy (non-hydrogen) atoms. The van der Waals surface area contributed by atoms with Crippen molar-refractivity contribution in [3.63, 3.8) is 0 Å². The number of Topliss-reactive ketones (excluding diaryl/α,β-unsaturated/α-hetero) is 3. The van der Waals surface area contributed by atoms with Crippen LogP contribution < -0.4 is 0 Å². The predicted octanol–water partition coefficient (Wildman–Crippen LogP) is 6.00. The maximum atomic E-state index is 14.4. The van der Waals surface area contributed by atoms with Crippen LogP contribution in [0.5, 0.6) is 0 Å². The molecule has 1 aliphatic carbocycles. The largest absolute Gasteiger partial charge is 0.460 e. The van der Waals surface area contributed by atoms with Crippen molar-refractivity contribution in [2.45, 2.75) is 174 Å². The summed E-state index contributed by atoms with van der Waals surface area (Å²) in [6.07, 6.45) is 12.3. The van der Waals surface area contributed by atoms with Crippen LogP contribution in [0, 0.1) is 41.4 Å². The molecule has 1 amide bonds. The van der Waals surface area contributed by atoms with E-state index in [0.29, 0.717) is 56.9 Å². The molecular formula is C53H81NO14. The molecule has 382 valence electrons. The lowest BCUT2D eigenvalue weighted by Crippen LogP contribution is -2.60. The van der Waals surface area contributed by atoms with Gasteiger partial charge < -0.3 is 48.7 Å². The molecule has 0 aromatic heterocycles. The SMILES string of the molecule is COC1C(=O)C(C)C[C@H](C)/C=C/C=C/C=C(\C)[C@@H](C=O)C[C@@H]2CC[C@@H](C)[C@@](O)(O2)C(=O)C(=O)N2CCCC[C@H]2C(=O)O[C@H]([C@H](C)C[C@@H]2CC[C@@H](OCCO)[C@H](OC)C2)CC(=O)[C@H](C)/C=C(\C)[C@H]1O. The first kappa shape index (κ1) is 56.9. The second-order valence-corrected chi connectivity index (χ2v) is 20.2. The van der Waals surface area contributed by atoms with Crippen molar-refractivity contribution >= 4 is 35.5 Å². The number of ether oxygens (including phenoxy) is 5. The highest BCUT2D eigenvalue weighted by atomic mass is 16.6. The van der Waals surface area contributed by atoms with E-state index in [1.165, 1.54) is 7.11 Å². The van der Waals surface area contributed by atoms with Gasteiger partial charge in [0.25, 0.3) is 11.7 Å². The highest BCUT2D eigenvalue weighted by Crippen LogP contribution is 2.38. The number of hydrogen-bond acceptors (Lipinski definition) is 14. The van der Waals surface area contributed by atoms with E-state index in [1.54, 1.807) is 53.0 Å². The molecule has 15 atom stereocenters. The minimum absolute atomic E-state index is 0.0157. The molecule has 2 unspecified atom stereocenters. The number of cyclic esters (lactones) is 1. The second-order valence-electron chi connectivity index (χ2n) is 20.2.